The number of anilines is 1. The lowest BCUT2D eigenvalue weighted by molar-refractivity contribution is -0.130. The Balaban J connectivity index is 1.17. The van der Waals surface area contributed by atoms with Crippen LogP contribution in [0.3, 0.4) is 0 Å². The van der Waals surface area contributed by atoms with Crippen molar-refractivity contribution in [2.45, 2.75) is 6.42 Å². The number of aromatic nitrogens is 2. The van der Waals surface area contributed by atoms with Gasteiger partial charge in [-0.2, -0.15) is 0 Å². The molecular weight excluding hydrogens is 408 g/mol. The standard InChI is InChI=1S/C24H24N4O4/c1-30-19-5-2-17(3-6-19)14-24(29)28-12-10-27(11-13-28)23-9-7-20(25-26-23)18-4-8-21-22(15-18)32-16-31-21/h2-9,15H,10-14,16H2,1H3. The van der Waals surface area contributed by atoms with Gasteiger partial charge in [-0.15, -0.1) is 10.2 Å². The van der Waals surface area contributed by atoms with Gasteiger partial charge in [0, 0.05) is 31.7 Å². The zero-order valence-electron chi connectivity index (χ0n) is 17.9. The Morgan fingerprint density at radius 2 is 1.72 bits per heavy atom. The molecule has 1 fully saturated rings. The van der Waals surface area contributed by atoms with Crippen LogP contribution in [0.1, 0.15) is 5.56 Å². The van der Waals surface area contributed by atoms with E-state index in [4.69, 9.17) is 14.2 Å². The van der Waals surface area contributed by atoms with Gasteiger partial charge >= 0.3 is 0 Å². The normalized spacial score (nSPS) is 15.0. The molecule has 2 aliphatic rings. The van der Waals surface area contributed by atoms with Crippen molar-refractivity contribution in [3.63, 3.8) is 0 Å². The Morgan fingerprint density at radius 3 is 2.44 bits per heavy atom. The molecule has 0 spiro atoms. The monoisotopic (exact) mass is 432 g/mol. The number of fused-ring (bicyclic) bond motifs is 1. The zero-order chi connectivity index (χ0) is 21.9. The number of methoxy groups -OCH3 is 1. The summed E-state index contributed by atoms with van der Waals surface area (Å²) in [5.41, 5.74) is 2.70. The van der Waals surface area contributed by atoms with E-state index in [1.54, 1.807) is 7.11 Å². The van der Waals surface area contributed by atoms with Crippen molar-refractivity contribution in [2.75, 3.05) is 45.0 Å². The minimum Gasteiger partial charge on any atom is -0.497 e. The van der Waals surface area contributed by atoms with E-state index in [9.17, 15) is 4.79 Å². The summed E-state index contributed by atoms with van der Waals surface area (Å²) in [7, 11) is 1.63. The second-order valence-corrected chi connectivity index (χ2v) is 7.74. The highest BCUT2D eigenvalue weighted by Gasteiger charge is 2.22. The fraction of sp³-hybridized carbons (Fsp3) is 0.292. The van der Waals surface area contributed by atoms with Crippen LogP contribution in [0.4, 0.5) is 5.82 Å². The third-order valence-electron chi connectivity index (χ3n) is 5.79. The van der Waals surface area contributed by atoms with E-state index in [-0.39, 0.29) is 12.7 Å². The molecule has 8 heteroatoms. The molecule has 1 amide bonds. The highest BCUT2D eigenvalue weighted by Crippen LogP contribution is 2.35. The molecule has 164 valence electrons. The van der Waals surface area contributed by atoms with Crippen molar-refractivity contribution in [1.82, 2.24) is 15.1 Å². The summed E-state index contributed by atoms with van der Waals surface area (Å²) in [6.07, 6.45) is 0.397. The van der Waals surface area contributed by atoms with Gasteiger partial charge in [-0.25, -0.2) is 0 Å². The fourth-order valence-electron chi connectivity index (χ4n) is 3.92. The molecule has 0 unspecified atom stereocenters. The smallest absolute Gasteiger partial charge is 0.231 e. The number of carbonyl (C=O) groups is 1. The van der Waals surface area contributed by atoms with Crippen LogP contribution >= 0.6 is 0 Å². The number of carbonyl (C=O) groups excluding carboxylic acids is 1. The van der Waals surface area contributed by atoms with Gasteiger partial charge in [0.1, 0.15) is 5.75 Å². The molecular formula is C24H24N4O4. The van der Waals surface area contributed by atoms with Crippen LogP contribution in [-0.2, 0) is 11.2 Å². The molecule has 2 aromatic carbocycles. The second-order valence-electron chi connectivity index (χ2n) is 7.74. The van der Waals surface area contributed by atoms with Gasteiger partial charge < -0.3 is 24.0 Å². The van der Waals surface area contributed by atoms with E-state index in [0.29, 0.717) is 19.5 Å². The number of hydrogen-bond acceptors (Lipinski definition) is 7. The minimum atomic E-state index is 0.138. The number of benzene rings is 2. The number of piperazine rings is 1. The molecule has 0 bridgehead atoms. The van der Waals surface area contributed by atoms with Crippen molar-refractivity contribution in [3.8, 4) is 28.5 Å². The van der Waals surface area contributed by atoms with Gasteiger partial charge in [0.2, 0.25) is 12.7 Å². The van der Waals surface area contributed by atoms with Gasteiger partial charge in [0.05, 0.1) is 19.2 Å². The van der Waals surface area contributed by atoms with E-state index in [0.717, 1.165) is 53.0 Å². The Labute approximate surface area is 186 Å². The first-order valence-electron chi connectivity index (χ1n) is 10.6. The second kappa shape index (κ2) is 8.74. The predicted octanol–water partition coefficient (Wildman–Crippen LogP) is 2.77. The molecule has 0 atom stereocenters. The molecule has 0 aliphatic carbocycles. The van der Waals surface area contributed by atoms with Crippen molar-refractivity contribution >= 4 is 11.7 Å². The van der Waals surface area contributed by atoms with Gasteiger partial charge in [-0.05, 0) is 48.0 Å². The molecule has 1 saturated heterocycles. The molecule has 2 aliphatic heterocycles. The number of rotatable bonds is 5. The summed E-state index contributed by atoms with van der Waals surface area (Å²) in [6, 6.07) is 17.3. The molecule has 1 aromatic heterocycles. The Bertz CT molecular complexity index is 1090. The molecule has 3 aromatic rings. The first kappa shape index (κ1) is 20.1. The van der Waals surface area contributed by atoms with Crippen LogP contribution in [0, 0.1) is 0 Å². The highest BCUT2D eigenvalue weighted by molar-refractivity contribution is 5.79. The van der Waals surface area contributed by atoms with E-state index in [2.05, 4.69) is 15.1 Å². The third-order valence-corrected chi connectivity index (χ3v) is 5.79. The molecule has 0 saturated carbocycles. The van der Waals surface area contributed by atoms with Crippen molar-refractivity contribution < 1.29 is 19.0 Å². The summed E-state index contributed by atoms with van der Waals surface area (Å²) >= 11 is 0. The fourth-order valence-corrected chi connectivity index (χ4v) is 3.92. The molecule has 0 N–H and O–H groups in total. The van der Waals surface area contributed by atoms with Crippen LogP contribution in [0.25, 0.3) is 11.3 Å². The lowest BCUT2D eigenvalue weighted by Gasteiger charge is -2.35. The first-order valence-corrected chi connectivity index (χ1v) is 10.6. The summed E-state index contributed by atoms with van der Waals surface area (Å²) < 4.78 is 16.0. The maximum absolute atomic E-state index is 12.7. The van der Waals surface area contributed by atoms with Crippen LogP contribution < -0.4 is 19.1 Å². The number of hydrogen-bond donors (Lipinski definition) is 0. The quantitative estimate of drug-likeness (QED) is 0.614. The molecule has 3 heterocycles. The topological polar surface area (TPSA) is 77.0 Å². The predicted molar refractivity (Wildman–Crippen MR) is 119 cm³/mol. The van der Waals surface area contributed by atoms with Gasteiger partial charge in [-0.3, -0.25) is 4.79 Å². The number of amides is 1. The first-order chi connectivity index (χ1) is 15.7. The van der Waals surface area contributed by atoms with E-state index in [1.165, 1.54) is 0 Å². The maximum atomic E-state index is 12.7. The number of nitrogens with zero attached hydrogens (tertiary/aromatic N) is 4. The number of ether oxygens (including phenoxy) is 3. The van der Waals surface area contributed by atoms with E-state index < -0.39 is 0 Å². The van der Waals surface area contributed by atoms with Gasteiger partial charge in [0.25, 0.3) is 0 Å². The van der Waals surface area contributed by atoms with Crippen LogP contribution in [0.15, 0.2) is 54.6 Å². The van der Waals surface area contributed by atoms with Crippen LogP contribution in [0.2, 0.25) is 0 Å². The Morgan fingerprint density at radius 1 is 0.938 bits per heavy atom. The Hall–Kier alpha value is -3.81. The maximum Gasteiger partial charge on any atom is 0.231 e. The highest BCUT2D eigenvalue weighted by atomic mass is 16.7. The van der Waals surface area contributed by atoms with Crippen molar-refractivity contribution in [2.24, 2.45) is 0 Å². The van der Waals surface area contributed by atoms with Crippen LogP contribution in [0.5, 0.6) is 17.2 Å². The lowest BCUT2D eigenvalue weighted by atomic mass is 10.1. The van der Waals surface area contributed by atoms with E-state index >= 15 is 0 Å². The SMILES string of the molecule is COc1ccc(CC(=O)N2CCN(c3ccc(-c4ccc5c(c4)OCO5)nn3)CC2)cc1. The lowest BCUT2D eigenvalue weighted by Crippen LogP contribution is -2.49. The molecule has 0 radical (unpaired) electrons. The molecule has 5 rings (SSSR count). The summed E-state index contributed by atoms with van der Waals surface area (Å²) in [6.45, 7) is 3.04. The van der Waals surface area contributed by atoms with Crippen LogP contribution in [-0.4, -0.2) is 61.1 Å². The largest absolute Gasteiger partial charge is 0.497 e. The summed E-state index contributed by atoms with van der Waals surface area (Å²) in [5, 5.41) is 8.81. The van der Waals surface area contributed by atoms with Gasteiger partial charge in [0.15, 0.2) is 17.3 Å². The average Bonchev–Trinajstić information content (AvgIpc) is 3.33. The average molecular weight is 432 g/mol. The zero-order valence-corrected chi connectivity index (χ0v) is 17.9. The van der Waals surface area contributed by atoms with Gasteiger partial charge in [-0.1, -0.05) is 12.1 Å². The van der Waals surface area contributed by atoms with Crippen molar-refractivity contribution in [1.29, 1.82) is 0 Å². The molecule has 8 nitrogen and oxygen atoms in total. The van der Waals surface area contributed by atoms with E-state index in [1.807, 2.05) is 59.5 Å². The summed E-state index contributed by atoms with van der Waals surface area (Å²) in [4.78, 5) is 16.7. The minimum absolute atomic E-state index is 0.138. The molecule has 32 heavy (non-hydrogen) atoms. The third kappa shape index (κ3) is 4.16. The van der Waals surface area contributed by atoms with Crippen molar-refractivity contribution in [3.05, 3.63) is 60.2 Å². The Kier molecular flexibility index (Phi) is 5.49. The summed E-state index contributed by atoms with van der Waals surface area (Å²) in [5.74, 6) is 3.22.